The molecule has 0 aliphatic heterocycles. The van der Waals surface area contributed by atoms with E-state index in [9.17, 15) is 9.90 Å². The van der Waals surface area contributed by atoms with Gasteiger partial charge in [0.25, 0.3) is 5.91 Å². The van der Waals surface area contributed by atoms with Crippen LogP contribution in [0.25, 0.3) is 11.1 Å². The fourth-order valence-corrected chi connectivity index (χ4v) is 4.05. The number of nitrogens with one attached hydrogen (secondary N) is 1. The van der Waals surface area contributed by atoms with Gasteiger partial charge in [0.05, 0.1) is 27.2 Å². The van der Waals surface area contributed by atoms with Crippen molar-refractivity contribution in [1.29, 1.82) is 0 Å². The second kappa shape index (κ2) is 16.2. The van der Waals surface area contributed by atoms with Crippen molar-refractivity contribution in [2.24, 2.45) is 0 Å². The SMILES string of the molecule is C=CCc1ccc(O)c(-c2cc(CC=C)ccc2OCCCC[N+](C)(C)CC(=O)NCCCC)c1.[Br-]. The summed E-state index contributed by atoms with van der Waals surface area (Å²) in [5.41, 5.74) is 3.85. The number of nitrogens with zero attached hydrogens (tertiary/aromatic N) is 1. The van der Waals surface area contributed by atoms with Crippen LogP contribution in [0.15, 0.2) is 61.7 Å². The van der Waals surface area contributed by atoms with E-state index in [-0.39, 0.29) is 28.6 Å². The zero-order valence-corrected chi connectivity index (χ0v) is 23.8. The highest BCUT2D eigenvalue weighted by atomic mass is 79.9. The lowest BCUT2D eigenvalue weighted by Crippen LogP contribution is -3.00. The van der Waals surface area contributed by atoms with Crippen molar-refractivity contribution in [1.82, 2.24) is 5.32 Å². The average Bonchev–Trinajstić information content (AvgIpc) is 2.81. The largest absolute Gasteiger partial charge is 1.00 e. The fourth-order valence-electron chi connectivity index (χ4n) is 4.05. The number of halogens is 1. The average molecular weight is 560 g/mol. The summed E-state index contributed by atoms with van der Waals surface area (Å²) in [5, 5.41) is 13.6. The van der Waals surface area contributed by atoms with Crippen LogP contribution in [-0.2, 0) is 17.6 Å². The van der Waals surface area contributed by atoms with Gasteiger partial charge in [-0.25, -0.2) is 0 Å². The molecule has 198 valence electrons. The molecule has 0 unspecified atom stereocenters. The smallest absolute Gasteiger partial charge is 0.275 e. The summed E-state index contributed by atoms with van der Waals surface area (Å²) in [6, 6.07) is 11.7. The number of ether oxygens (including phenoxy) is 1. The van der Waals surface area contributed by atoms with E-state index in [0.29, 0.717) is 17.6 Å². The van der Waals surface area contributed by atoms with Crippen LogP contribution in [0.3, 0.4) is 0 Å². The maximum Gasteiger partial charge on any atom is 0.275 e. The Hall–Kier alpha value is -2.57. The quantitative estimate of drug-likeness (QED) is 0.189. The predicted molar refractivity (Wildman–Crippen MR) is 146 cm³/mol. The van der Waals surface area contributed by atoms with Gasteiger partial charge in [-0.1, -0.05) is 37.6 Å². The van der Waals surface area contributed by atoms with Crippen LogP contribution in [0.1, 0.15) is 43.7 Å². The molecular formula is C30H43BrN2O3. The number of phenolic OH excluding ortho intramolecular Hbond substituents is 1. The molecule has 6 heteroatoms. The fraction of sp³-hybridized carbons (Fsp3) is 0.433. The van der Waals surface area contributed by atoms with Crippen LogP contribution in [0, 0.1) is 0 Å². The standard InChI is InChI=1S/C30H42N2O3.BrH/c1-6-9-18-31-30(34)23-32(4,5)19-10-11-20-35-29-17-15-25(13-8-3)22-27(29)26-21-24(12-7-2)14-16-28(26)33;/h7-8,14-17,21-22H,2-3,6,9-13,18-20,23H2,1,4-5H3,(H-,31,33,34);1H. The number of carbonyl (C=O) groups excluding carboxylic acids is 1. The molecule has 5 nitrogen and oxygen atoms in total. The molecule has 0 atom stereocenters. The van der Waals surface area contributed by atoms with E-state index in [1.165, 1.54) is 0 Å². The van der Waals surface area contributed by atoms with E-state index in [1.807, 2.05) is 36.4 Å². The number of amides is 1. The van der Waals surface area contributed by atoms with Crippen LogP contribution < -0.4 is 27.0 Å². The van der Waals surface area contributed by atoms with Crippen molar-refractivity contribution < 1.29 is 36.1 Å². The van der Waals surface area contributed by atoms with E-state index in [2.05, 4.69) is 45.6 Å². The minimum atomic E-state index is 0. The lowest BCUT2D eigenvalue weighted by molar-refractivity contribution is -0.882. The van der Waals surface area contributed by atoms with Gasteiger partial charge in [0.1, 0.15) is 11.5 Å². The lowest BCUT2D eigenvalue weighted by atomic mass is 9.97. The zero-order valence-electron chi connectivity index (χ0n) is 22.2. The number of aromatic hydroxyl groups is 1. The van der Waals surface area contributed by atoms with Crippen LogP contribution in [0.4, 0.5) is 0 Å². The zero-order chi connectivity index (χ0) is 25.7. The molecule has 0 saturated heterocycles. The Bertz CT molecular complexity index is 988. The molecule has 36 heavy (non-hydrogen) atoms. The molecule has 0 radical (unpaired) electrons. The summed E-state index contributed by atoms with van der Waals surface area (Å²) in [6.45, 7) is 12.5. The monoisotopic (exact) mass is 558 g/mol. The highest BCUT2D eigenvalue weighted by Crippen LogP contribution is 2.37. The molecule has 0 fully saturated rings. The summed E-state index contributed by atoms with van der Waals surface area (Å²) >= 11 is 0. The third kappa shape index (κ3) is 10.6. The Balaban J connectivity index is 0.00000648. The number of hydrogen-bond donors (Lipinski definition) is 2. The first-order valence-electron chi connectivity index (χ1n) is 12.7. The van der Waals surface area contributed by atoms with Gasteiger partial charge < -0.3 is 36.6 Å². The van der Waals surface area contributed by atoms with Gasteiger partial charge in [-0.05, 0) is 67.5 Å². The maximum absolute atomic E-state index is 12.2. The van der Waals surface area contributed by atoms with Crippen molar-refractivity contribution >= 4 is 5.91 Å². The van der Waals surface area contributed by atoms with Gasteiger partial charge in [0.15, 0.2) is 6.54 Å². The summed E-state index contributed by atoms with van der Waals surface area (Å²) in [4.78, 5) is 12.2. The second-order valence-electron chi connectivity index (χ2n) is 9.74. The number of hydrogen-bond acceptors (Lipinski definition) is 3. The van der Waals surface area contributed by atoms with E-state index < -0.39 is 0 Å². The van der Waals surface area contributed by atoms with Gasteiger partial charge in [-0.15, -0.1) is 13.2 Å². The predicted octanol–water partition coefficient (Wildman–Crippen LogP) is 2.67. The molecule has 1 amide bonds. The number of carbonyl (C=O) groups is 1. The van der Waals surface area contributed by atoms with Crippen LogP contribution in [0.5, 0.6) is 11.5 Å². The molecular weight excluding hydrogens is 516 g/mol. The number of phenols is 1. The van der Waals surface area contributed by atoms with E-state index in [0.717, 1.165) is 79.6 Å². The molecule has 0 aliphatic carbocycles. The Morgan fingerprint density at radius 2 is 1.64 bits per heavy atom. The lowest BCUT2D eigenvalue weighted by Gasteiger charge is -2.29. The first-order valence-corrected chi connectivity index (χ1v) is 12.7. The second-order valence-corrected chi connectivity index (χ2v) is 9.74. The van der Waals surface area contributed by atoms with Crippen molar-refractivity contribution in [3.05, 3.63) is 72.8 Å². The minimum Gasteiger partial charge on any atom is -1.00 e. The Morgan fingerprint density at radius 3 is 2.28 bits per heavy atom. The van der Waals surface area contributed by atoms with E-state index in [4.69, 9.17) is 4.74 Å². The summed E-state index contributed by atoms with van der Waals surface area (Å²) in [6.07, 6.45) is 9.16. The van der Waals surface area contributed by atoms with E-state index in [1.54, 1.807) is 6.07 Å². The minimum absolute atomic E-state index is 0. The molecule has 0 saturated carbocycles. The molecule has 0 bridgehead atoms. The Labute approximate surface area is 228 Å². The van der Waals surface area contributed by atoms with Gasteiger partial charge in [0, 0.05) is 17.7 Å². The van der Waals surface area contributed by atoms with Crippen molar-refractivity contribution in [3.63, 3.8) is 0 Å². The number of benzene rings is 2. The topological polar surface area (TPSA) is 58.6 Å². The molecule has 0 aromatic heterocycles. The number of quaternary nitrogens is 1. The van der Waals surface area contributed by atoms with Crippen LogP contribution in [-0.4, -0.2) is 55.8 Å². The van der Waals surface area contributed by atoms with Crippen molar-refractivity contribution in [2.45, 2.75) is 45.4 Å². The number of likely N-dealkylation sites (N-methyl/N-ethyl adjacent to an activating group) is 1. The summed E-state index contributed by atoms with van der Waals surface area (Å²) in [5.74, 6) is 1.10. The van der Waals surface area contributed by atoms with E-state index >= 15 is 0 Å². The number of rotatable bonds is 16. The van der Waals surface area contributed by atoms with Gasteiger partial charge in [-0.3, -0.25) is 4.79 Å². The van der Waals surface area contributed by atoms with Crippen molar-refractivity contribution in [2.75, 3.05) is 40.3 Å². The first-order chi connectivity index (χ1) is 16.8. The molecule has 0 spiro atoms. The van der Waals surface area contributed by atoms with Gasteiger partial charge in [0.2, 0.25) is 0 Å². The maximum atomic E-state index is 12.2. The van der Waals surface area contributed by atoms with Gasteiger partial charge >= 0.3 is 0 Å². The Morgan fingerprint density at radius 1 is 1.00 bits per heavy atom. The number of allylic oxidation sites excluding steroid dienone is 2. The third-order valence-corrected chi connectivity index (χ3v) is 5.99. The summed E-state index contributed by atoms with van der Waals surface area (Å²) in [7, 11) is 4.19. The molecule has 2 rings (SSSR count). The van der Waals surface area contributed by atoms with Crippen LogP contribution >= 0.6 is 0 Å². The number of unbranched alkanes of at least 4 members (excludes halogenated alkanes) is 2. The normalized spacial score (nSPS) is 10.9. The molecule has 0 heterocycles. The Kier molecular flexibility index (Phi) is 14.2. The van der Waals surface area contributed by atoms with Crippen molar-refractivity contribution in [3.8, 4) is 22.6 Å². The first kappa shape index (κ1) is 31.5. The highest BCUT2D eigenvalue weighted by Gasteiger charge is 2.19. The molecule has 2 aromatic rings. The van der Waals surface area contributed by atoms with Crippen LogP contribution in [0.2, 0.25) is 0 Å². The third-order valence-electron chi connectivity index (χ3n) is 5.99. The molecule has 2 N–H and O–H groups in total. The highest BCUT2D eigenvalue weighted by molar-refractivity contribution is 5.77. The van der Waals surface area contributed by atoms with Gasteiger partial charge in [-0.2, -0.15) is 0 Å². The molecule has 0 aliphatic rings. The summed E-state index contributed by atoms with van der Waals surface area (Å²) < 4.78 is 6.85. The molecule has 2 aromatic carbocycles.